The van der Waals surface area contributed by atoms with Crippen LogP contribution in [0, 0.1) is 0 Å². The van der Waals surface area contributed by atoms with Crippen LogP contribution < -0.4 is 5.32 Å². The molecule has 0 aliphatic heterocycles. The molecule has 0 spiro atoms. The lowest BCUT2D eigenvalue weighted by molar-refractivity contribution is -0.108. The Kier molecular flexibility index (Phi) is 8.09. The number of carbonyl (C=O) groups excluding carboxylic acids is 2. The number of carboxylic acid groups (broad SMARTS) is 1. The summed E-state index contributed by atoms with van der Waals surface area (Å²) in [5.41, 5.74) is 1.20. The Morgan fingerprint density at radius 1 is 1.35 bits per heavy atom. The highest BCUT2D eigenvalue weighted by molar-refractivity contribution is 5.91. The van der Waals surface area contributed by atoms with E-state index in [-0.39, 0.29) is 19.7 Å². The van der Waals surface area contributed by atoms with Crippen LogP contribution in [-0.2, 0) is 16.1 Å². The normalized spacial score (nSPS) is 9.91. The third-order valence-corrected chi connectivity index (χ3v) is 3.01. The molecule has 0 heterocycles. The lowest BCUT2D eigenvalue weighted by Crippen LogP contribution is -2.37. The molecule has 0 saturated heterocycles. The van der Waals surface area contributed by atoms with Gasteiger partial charge in [-0.25, -0.2) is 9.59 Å². The number of nitrogens with zero attached hydrogens (tertiary/aromatic N) is 1. The lowest BCUT2D eigenvalue weighted by atomic mass is 10.1. The summed E-state index contributed by atoms with van der Waals surface area (Å²) in [6.07, 6.45) is 0.887. The van der Waals surface area contributed by atoms with Crippen LogP contribution in [0.2, 0.25) is 0 Å². The van der Waals surface area contributed by atoms with E-state index in [1.807, 2.05) is 0 Å². The van der Waals surface area contributed by atoms with Gasteiger partial charge in [-0.05, 0) is 11.6 Å². The van der Waals surface area contributed by atoms with Gasteiger partial charge in [-0.2, -0.15) is 0 Å². The molecule has 0 aromatic heterocycles. The largest absolute Gasteiger partial charge is 0.465 e. The number of carbonyl (C=O) groups is 3. The molecule has 124 valence electrons. The van der Waals surface area contributed by atoms with Crippen molar-refractivity contribution in [3.8, 4) is 0 Å². The first-order chi connectivity index (χ1) is 11.1. The SMILES string of the molecule is C=CCOC(=O)c1ccccc1CNCCN(CC=O)C(=O)O. The fourth-order valence-electron chi connectivity index (χ4n) is 1.88. The molecule has 1 rings (SSSR count). The van der Waals surface area contributed by atoms with Gasteiger partial charge >= 0.3 is 12.1 Å². The van der Waals surface area contributed by atoms with Crippen molar-refractivity contribution in [2.45, 2.75) is 6.54 Å². The number of amides is 1. The van der Waals surface area contributed by atoms with Gasteiger partial charge in [-0.1, -0.05) is 30.9 Å². The average molecular weight is 320 g/mol. The van der Waals surface area contributed by atoms with E-state index in [0.29, 0.717) is 24.9 Å². The van der Waals surface area contributed by atoms with E-state index in [9.17, 15) is 14.4 Å². The topological polar surface area (TPSA) is 95.9 Å². The van der Waals surface area contributed by atoms with Crippen LogP contribution in [0.4, 0.5) is 4.79 Å². The number of benzene rings is 1. The highest BCUT2D eigenvalue weighted by atomic mass is 16.5. The molecule has 1 amide bonds. The summed E-state index contributed by atoms with van der Waals surface area (Å²) in [6, 6.07) is 7.00. The Morgan fingerprint density at radius 2 is 2.09 bits per heavy atom. The maximum atomic E-state index is 11.9. The zero-order chi connectivity index (χ0) is 17.1. The summed E-state index contributed by atoms with van der Waals surface area (Å²) in [6.45, 7) is 4.38. The second-order valence-electron chi connectivity index (χ2n) is 4.62. The molecule has 0 bridgehead atoms. The molecule has 7 nitrogen and oxygen atoms in total. The number of aldehydes is 1. The maximum absolute atomic E-state index is 11.9. The molecule has 1 aromatic rings. The average Bonchev–Trinajstić information content (AvgIpc) is 2.55. The number of rotatable bonds is 10. The molecule has 0 unspecified atom stereocenters. The number of nitrogens with one attached hydrogen (secondary N) is 1. The molecule has 0 radical (unpaired) electrons. The molecule has 0 aliphatic rings. The van der Waals surface area contributed by atoms with E-state index < -0.39 is 12.1 Å². The monoisotopic (exact) mass is 320 g/mol. The molecule has 0 fully saturated rings. The van der Waals surface area contributed by atoms with Crippen molar-refractivity contribution < 1.29 is 24.2 Å². The summed E-state index contributed by atoms with van der Waals surface area (Å²) >= 11 is 0. The summed E-state index contributed by atoms with van der Waals surface area (Å²) in [4.78, 5) is 34.2. The van der Waals surface area contributed by atoms with Crippen molar-refractivity contribution in [3.63, 3.8) is 0 Å². The molecule has 2 N–H and O–H groups in total. The van der Waals surface area contributed by atoms with Gasteiger partial charge in [-0.15, -0.1) is 0 Å². The first-order valence-electron chi connectivity index (χ1n) is 7.08. The van der Waals surface area contributed by atoms with Crippen molar-refractivity contribution in [3.05, 3.63) is 48.0 Å². The minimum Gasteiger partial charge on any atom is -0.465 e. The van der Waals surface area contributed by atoms with Gasteiger partial charge in [-0.3, -0.25) is 0 Å². The van der Waals surface area contributed by atoms with Gasteiger partial charge in [0.25, 0.3) is 0 Å². The molecule has 0 saturated carbocycles. The van der Waals surface area contributed by atoms with Crippen LogP contribution in [0.1, 0.15) is 15.9 Å². The second-order valence-corrected chi connectivity index (χ2v) is 4.62. The predicted molar refractivity (Wildman–Crippen MR) is 84.3 cm³/mol. The third kappa shape index (κ3) is 6.31. The molecule has 23 heavy (non-hydrogen) atoms. The van der Waals surface area contributed by atoms with Crippen molar-refractivity contribution in [1.29, 1.82) is 0 Å². The quantitative estimate of drug-likeness (QED) is 0.292. The second kappa shape index (κ2) is 10.1. The highest BCUT2D eigenvalue weighted by Gasteiger charge is 2.12. The van der Waals surface area contributed by atoms with E-state index in [1.54, 1.807) is 24.3 Å². The minimum atomic E-state index is -1.15. The summed E-state index contributed by atoms with van der Waals surface area (Å²) in [5.74, 6) is -0.435. The first-order valence-corrected chi connectivity index (χ1v) is 7.08. The van der Waals surface area contributed by atoms with E-state index in [0.717, 1.165) is 10.5 Å². The fourth-order valence-corrected chi connectivity index (χ4v) is 1.88. The lowest BCUT2D eigenvalue weighted by Gasteiger charge is -2.16. The molecule has 1 aromatic carbocycles. The molecular weight excluding hydrogens is 300 g/mol. The van der Waals surface area contributed by atoms with E-state index in [1.165, 1.54) is 6.08 Å². The number of hydrogen-bond acceptors (Lipinski definition) is 5. The highest BCUT2D eigenvalue weighted by Crippen LogP contribution is 2.10. The van der Waals surface area contributed by atoms with Gasteiger partial charge in [0, 0.05) is 19.6 Å². The van der Waals surface area contributed by atoms with Gasteiger partial charge in [0.2, 0.25) is 0 Å². The molecule has 0 aliphatic carbocycles. The third-order valence-electron chi connectivity index (χ3n) is 3.01. The molecule has 7 heteroatoms. The molecule has 0 atom stereocenters. The summed E-state index contributed by atoms with van der Waals surface area (Å²) in [5, 5.41) is 11.9. The van der Waals surface area contributed by atoms with Crippen molar-refractivity contribution in [1.82, 2.24) is 10.2 Å². The number of hydrogen-bond donors (Lipinski definition) is 2. The van der Waals surface area contributed by atoms with Crippen molar-refractivity contribution in [2.24, 2.45) is 0 Å². The zero-order valence-electron chi connectivity index (χ0n) is 12.7. The van der Waals surface area contributed by atoms with Gasteiger partial charge in [0.15, 0.2) is 0 Å². The Hall–Kier alpha value is -2.67. The van der Waals surface area contributed by atoms with Crippen LogP contribution >= 0.6 is 0 Å². The van der Waals surface area contributed by atoms with E-state index in [4.69, 9.17) is 9.84 Å². The summed E-state index contributed by atoms with van der Waals surface area (Å²) in [7, 11) is 0. The smallest absolute Gasteiger partial charge is 0.407 e. The van der Waals surface area contributed by atoms with E-state index >= 15 is 0 Å². The summed E-state index contributed by atoms with van der Waals surface area (Å²) < 4.78 is 5.02. The van der Waals surface area contributed by atoms with Crippen LogP contribution in [-0.4, -0.2) is 54.6 Å². The standard InChI is InChI=1S/C16H20N2O5/c1-2-11-23-15(20)14-6-4-3-5-13(14)12-17-7-8-18(9-10-19)16(21)22/h2-6,10,17H,1,7-9,11-12H2,(H,21,22). The minimum absolute atomic E-state index is 0.139. The van der Waals surface area contributed by atoms with Crippen LogP contribution in [0.3, 0.4) is 0 Å². The van der Waals surface area contributed by atoms with Crippen LogP contribution in [0.15, 0.2) is 36.9 Å². The predicted octanol–water partition coefficient (Wildman–Crippen LogP) is 1.30. The van der Waals surface area contributed by atoms with Crippen molar-refractivity contribution >= 4 is 18.3 Å². The number of esters is 1. The van der Waals surface area contributed by atoms with Crippen LogP contribution in [0.5, 0.6) is 0 Å². The molecular formula is C16H20N2O5. The number of ether oxygens (including phenoxy) is 1. The van der Waals surface area contributed by atoms with Crippen molar-refractivity contribution in [2.75, 3.05) is 26.2 Å². The van der Waals surface area contributed by atoms with Gasteiger partial charge in [0.1, 0.15) is 12.9 Å². The van der Waals surface area contributed by atoms with Gasteiger partial charge in [0.05, 0.1) is 12.1 Å². The Labute approximate surface area is 134 Å². The van der Waals surface area contributed by atoms with Gasteiger partial charge < -0.3 is 24.9 Å². The Balaban J connectivity index is 2.54. The Bertz CT molecular complexity index is 559. The van der Waals surface area contributed by atoms with Crippen LogP contribution in [0.25, 0.3) is 0 Å². The first kappa shape index (κ1) is 18.4. The van der Waals surface area contributed by atoms with E-state index in [2.05, 4.69) is 11.9 Å². The zero-order valence-corrected chi connectivity index (χ0v) is 12.7. The maximum Gasteiger partial charge on any atom is 0.407 e. The fraction of sp³-hybridized carbons (Fsp3) is 0.312. The Morgan fingerprint density at radius 3 is 2.74 bits per heavy atom.